The van der Waals surface area contributed by atoms with Gasteiger partial charge in [0, 0.05) is 29.5 Å². The highest BCUT2D eigenvalue weighted by Gasteiger charge is 2.04. The third kappa shape index (κ3) is 2.69. The standard InChI is InChI=1S/C13H10N4OS/c18-10-3-1-2-9(8-10)16-13-15-5-4-11(17-13)12-14-6-7-19-12/h1-8,18H,(H,15,16,17). The van der Waals surface area contributed by atoms with Crippen LogP contribution in [0, 0.1) is 0 Å². The molecule has 2 heterocycles. The first-order chi connectivity index (χ1) is 9.31. The van der Waals surface area contributed by atoms with Crippen LogP contribution < -0.4 is 5.32 Å². The second kappa shape index (κ2) is 5.03. The molecule has 94 valence electrons. The van der Waals surface area contributed by atoms with Gasteiger partial charge in [0.05, 0.1) is 0 Å². The summed E-state index contributed by atoms with van der Waals surface area (Å²) in [6.45, 7) is 0. The summed E-state index contributed by atoms with van der Waals surface area (Å²) in [5.74, 6) is 0.666. The Morgan fingerprint density at radius 1 is 1.11 bits per heavy atom. The highest BCUT2D eigenvalue weighted by molar-refractivity contribution is 7.13. The molecule has 2 N–H and O–H groups in total. The molecule has 0 saturated heterocycles. The lowest BCUT2D eigenvalue weighted by molar-refractivity contribution is 0.475. The Morgan fingerprint density at radius 3 is 2.84 bits per heavy atom. The molecule has 0 aliphatic heterocycles. The number of nitrogens with zero attached hydrogens (tertiary/aromatic N) is 3. The van der Waals surface area contributed by atoms with Crippen molar-refractivity contribution in [2.24, 2.45) is 0 Å². The zero-order valence-electron chi connectivity index (χ0n) is 9.82. The molecule has 0 saturated carbocycles. The van der Waals surface area contributed by atoms with E-state index in [1.165, 1.54) is 11.3 Å². The molecule has 19 heavy (non-hydrogen) atoms. The van der Waals surface area contributed by atoms with Crippen molar-refractivity contribution in [3.8, 4) is 16.5 Å². The van der Waals surface area contributed by atoms with Gasteiger partial charge >= 0.3 is 0 Å². The third-order valence-electron chi connectivity index (χ3n) is 2.41. The van der Waals surface area contributed by atoms with E-state index < -0.39 is 0 Å². The normalized spacial score (nSPS) is 10.3. The number of hydrogen-bond donors (Lipinski definition) is 2. The molecule has 0 radical (unpaired) electrons. The van der Waals surface area contributed by atoms with Crippen molar-refractivity contribution >= 4 is 23.0 Å². The predicted molar refractivity (Wildman–Crippen MR) is 74.5 cm³/mol. The van der Waals surface area contributed by atoms with Gasteiger partial charge in [-0.05, 0) is 18.2 Å². The van der Waals surface area contributed by atoms with E-state index in [1.807, 2.05) is 17.5 Å². The van der Waals surface area contributed by atoms with Crippen LogP contribution in [0.4, 0.5) is 11.6 Å². The number of rotatable bonds is 3. The Balaban J connectivity index is 1.88. The Kier molecular flexibility index (Phi) is 3.07. The summed E-state index contributed by atoms with van der Waals surface area (Å²) in [5, 5.41) is 15.2. The minimum absolute atomic E-state index is 0.195. The van der Waals surface area contributed by atoms with Gasteiger partial charge in [-0.25, -0.2) is 15.0 Å². The fourth-order valence-electron chi connectivity index (χ4n) is 1.60. The molecule has 0 atom stereocenters. The van der Waals surface area contributed by atoms with Crippen molar-refractivity contribution in [3.05, 3.63) is 48.1 Å². The molecule has 0 unspecified atom stereocenters. The first-order valence-electron chi connectivity index (χ1n) is 5.60. The van der Waals surface area contributed by atoms with Crippen molar-refractivity contribution in [2.75, 3.05) is 5.32 Å². The zero-order chi connectivity index (χ0) is 13.1. The number of aromatic hydroxyl groups is 1. The summed E-state index contributed by atoms with van der Waals surface area (Å²) in [6.07, 6.45) is 3.42. The first kappa shape index (κ1) is 11.6. The van der Waals surface area contributed by atoms with Gasteiger partial charge in [-0.15, -0.1) is 11.3 Å². The fourth-order valence-corrected chi connectivity index (χ4v) is 2.21. The SMILES string of the molecule is Oc1cccc(Nc2nccc(-c3nccs3)n2)c1. The molecule has 2 aromatic heterocycles. The largest absolute Gasteiger partial charge is 0.508 e. The Hall–Kier alpha value is -2.47. The van der Waals surface area contributed by atoms with Gasteiger partial charge in [0.25, 0.3) is 0 Å². The average Bonchev–Trinajstić information content (AvgIpc) is 2.93. The minimum Gasteiger partial charge on any atom is -0.508 e. The van der Waals surface area contributed by atoms with E-state index in [0.717, 1.165) is 16.4 Å². The molecular formula is C13H10N4OS. The maximum Gasteiger partial charge on any atom is 0.227 e. The van der Waals surface area contributed by atoms with Gasteiger partial charge < -0.3 is 10.4 Å². The Labute approximate surface area is 113 Å². The second-order valence-corrected chi connectivity index (χ2v) is 4.67. The van der Waals surface area contributed by atoms with E-state index >= 15 is 0 Å². The van der Waals surface area contributed by atoms with Gasteiger partial charge in [0.1, 0.15) is 16.5 Å². The maximum atomic E-state index is 9.41. The van der Waals surface area contributed by atoms with E-state index in [4.69, 9.17) is 0 Å². The lowest BCUT2D eigenvalue weighted by Crippen LogP contribution is -1.97. The number of anilines is 2. The summed E-state index contributed by atoms with van der Waals surface area (Å²) in [7, 11) is 0. The fraction of sp³-hybridized carbons (Fsp3) is 0. The van der Waals surface area contributed by atoms with E-state index in [2.05, 4.69) is 20.3 Å². The Bertz CT molecular complexity index is 685. The molecule has 0 fully saturated rings. The van der Waals surface area contributed by atoms with E-state index in [0.29, 0.717) is 5.95 Å². The molecule has 3 rings (SSSR count). The van der Waals surface area contributed by atoms with Crippen molar-refractivity contribution in [1.82, 2.24) is 15.0 Å². The van der Waals surface area contributed by atoms with Gasteiger partial charge in [-0.2, -0.15) is 0 Å². The van der Waals surface area contributed by atoms with Crippen LogP contribution in [0.1, 0.15) is 0 Å². The summed E-state index contributed by atoms with van der Waals surface area (Å²) in [5.41, 5.74) is 1.50. The van der Waals surface area contributed by atoms with Crippen LogP contribution in [0.25, 0.3) is 10.7 Å². The molecule has 0 spiro atoms. The summed E-state index contributed by atoms with van der Waals surface area (Å²) in [6, 6.07) is 8.62. The predicted octanol–water partition coefficient (Wildman–Crippen LogP) is 3.05. The number of phenolic OH excluding ortho intramolecular Hbond substituents is 1. The molecular weight excluding hydrogens is 260 g/mol. The topological polar surface area (TPSA) is 70.9 Å². The number of aromatic nitrogens is 3. The number of nitrogens with one attached hydrogen (secondary N) is 1. The number of thiazole rings is 1. The molecule has 0 bridgehead atoms. The smallest absolute Gasteiger partial charge is 0.227 e. The Morgan fingerprint density at radius 2 is 2.05 bits per heavy atom. The third-order valence-corrected chi connectivity index (χ3v) is 3.20. The average molecular weight is 270 g/mol. The van der Waals surface area contributed by atoms with Gasteiger partial charge in [-0.3, -0.25) is 0 Å². The zero-order valence-corrected chi connectivity index (χ0v) is 10.6. The van der Waals surface area contributed by atoms with Crippen LogP contribution in [0.2, 0.25) is 0 Å². The lowest BCUT2D eigenvalue weighted by Gasteiger charge is -2.05. The minimum atomic E-state index is 0.195. The molecule has 3 aromatic rings. The molecule has 0 aliphatic carbocycles. The van der Waals surface area contributed by atoms with Crippen molar-refractivity contribution in [2.45, 2.75) is 0 Å². The molecule has 0 aliphatic rings. The van der Waals surface area contributed by atoms with Gasteiger partial charge in [0.15, 0.2) is 0 Å². The van der Waals surface area contributed by atoms with E-state index in [1.54, 1.807) is 30.6 Å². The highest BCUT2D eigenvalue weighted by Crippen LogP contribution is 2.22. The molecule has 0 amide bonds. The second-order valence-electron chi connectivity index (χ2n) is 3.78. The van der Waals surface area contributed by atoms with E-state index in [-0.39, 0.29) is 5.75 Å². The summed E-state index contributed by atoms with van der Waals surface area (Å²) in [4.78, 5) is 12.7. The lowest BCUT2D eigenvalue weighted by atomic mass is 10.3. The van der Waals surface area contributed by atoms with Crippen LogP contribution >= 0.6 is 11.3 Å². The van der Waals surface area contributed by atoms with Crippen LogP contribution in [0.15, 0.2) is 48.1 Å². The van der Waals surface area contributed by atoms with Crippen LogP contribution in [-0.4, -0.2) is 20.1 Å². The van der Waals surface area contributed by atoms with Gasteiger partial charge in [0.2, 0.25) is 5.95 Å². The van der Waals surface area contributed by atoms with Crippen molar-refractivity contribution in [1.29, 1.82) is 0 Å². The van der Waals surface area contributed by atoms with Crippen molar-refractivity contribution in [3.63, 3.8) is 0 Å². The van der Waals surface area contributed by atoms with Crippen LogP contribution in [0.3, 0.4) is 0 Å². The van der Waals surface area contributed by atoms with Crippen LogP contribution in [0.5, 0.6) is 5.75 Å². The molecule has 6 heteroatoms. The summed E-state index contributed by atoms with van der Waals surface area (Å²) < 4.78 is 0. The van der Waals surface area contributed by atoms with Gasteiger partial charge in [-0.1, -0.05) is 6.07 Å². The monoisotopic (exact) mass is 270 g/mol. The first-order valence-corrected chi connectivity index (χ1v) is 6.48. The number of benzene rings is 1. The van der Waals surface area contributed by atoms with Crippen LogP contribution in [-0.2, 0) is 0 Å². The maximum absolute atomic E-state index is 9.41. The van der Waals surface area contributed by atoms with Crippen molar-refractivity contribution < 1.29 is 5.11 Å². The number of phenols is 1. The quantitative estimate of drug-likeness (QED) is 0.765. The molecule has 5 nitrogen and oxygen atoms in total. The molecule has 1 aromatic carbocycles. The summed E-state index contributed by atoms with van der Waals surface area (Å²) >= 11 is 1.52. The number of hydrogen-bond acceptors (Lipinski definition) is 6. The van der Waals surface area contributed by atoms with E-state index in [9.17, 15) is 5.11 Å². The highest BCUT2D eigenvalue weighted by atomic mass is 32.1.